The summed E-state index contributed by atoms with van der Waals surface area (Å²) in [5.74, 6) is -0.123. The predicted molar refractivity (Wildman–Crippen MR) is 66.3 cm³/mol. The normalized spacial score (nSPS) is 16.9. The summed E-state index contributed by atoms with van der Waals surface area (Å²) in [7, 11) is 2.16. The Kier molecular flexibility index (Phi) is 5.63. The van der Waals surface area contributed by atoms with Gasteiger partial charge in [-0.1, -0.05) is 30.3 Å². The summed E-state index contributed by atoms with van der Waals surface area (Å²) in [6.45, 7) is 2.77. The van der Waals surface area contributed by atoms with Crippen LogP contribution in [0.4, 0.5) is 0 Å². The average molecular weight is 270 g/mol. The molecular formula is C14H20ClNO2. The van der Waals surface area contributed by atoms with E-state index < -0.39 is 0 Å². The highest BCUT2D eigenvalue weighted by atomic mass is 35.5. The van der Waals surface area contributed by atoms with Crippen molar-refractivity contribution in [1.29, 1.82) is 0 Å². The maximum atomic E-state index is 11.7. The van der Waals surface area contributed by atoms with Crippen LogP contribution < -0.4 is 12.4 Å². The minimum atomic E-state index is -0.123. The molecule has 0 aromatic heterocycles. The molecule has 0 spiro atoms. The first-order valence-electron chi connectivity index (χ1n) is 6.21. The third-order valence-corrected chi connectivity index (χ3v) is 3.37. The molecule has 0 unspecified atom stereocenters. The highest BCUT2D eigenvalue weighted by molar-refractivity contribution is 5.72. The average Bonchev–Trinajstić information content (AvgIpc) is 2.76. The van der Waals surface area contributed by atoms with E-state index in [-0.39, 0.29) is 18.4 Å². The second kappa shape index (κ2) is 6.76. The molecule has 2 rings (SSSR count). The molecule has 0 radical (unpaired) electrons. The zero-order chi connectivity index (χ0) is 12.1. The second-order valence-electron chi connectivity index (χ2n) is 5.08. The van der Waals surface area contributed by atoms with Gasteiger partial charge in [0.2, 0.25) is 6.73 Å². The maximum Gasteiger partial charge on any atom is 0.314 e. The third kappa shape index (κ3) is 4.31. The minimum absolute atomic E-state index is 0. The van der Waals surface area contributed by atoms with Gasteiger partial charge >= 0.3 is 5.97 Å². The number of carbonyl (C=O) groups is 1. The number of rotatable bonds is 4. The molecule has 0 bridgehead atoms. The number of ether oxygens (including phenoxy) is 1. The van der Waals surface area contributed by atoms with Gasteiger partial charge in [0.1, 0.15) is 0 Å². The Balaban J connectivity index is 0.00000162. The van der Waals surface area contributed by atoms with E-state index in [1.54, 1.807) is 0 Å². The lowest BCUT2D eigenvalue weighted by Gasteiger charge is -2.27. The van der Waals surface area contributed by atoms with Gasteiger partial charge in [-0.15, -0.1) is 0 Å². The van der Waals surface area contributed by atoms with Gasteiger partial charge in [-0.05, 0) is 5.56 Å². The van der Waals surface area contributed by atoms with Crippen molar-refractivity contribution in [3.05, 3.63) is 35.9 Å². The number of hydrogen-bond donors (Lipinski definition) is 0. The lowest BCUT2D eigenvalue weighted by Crippen LogP contribution is -3.00. The summed E-state index contributed by atoms with van der Waals surface area (Å²) in [5.41, 5.74) is 1.02. The van der Waals surface area contributed by atoms with Crippen molar-refractivity contribution in [3.63, 3.8) is 0 Å². The van der Waals surface area contributed by atoms with E-state index in [0.29, 0.717) is 13.2 Å². The fourth-order valence-electron chi connectivity index (χ4n) is 2.27. The molecule has 1 aromatic rings. The van der Waals surface area contributed by atoms with E-state index in [0.717, 1.165) is 23.1 Å². The van der Waals surface area contributed by atoms with E-state index in [1.165, 1.54) is 12.8 Å². The molecule has 1 fully saturated rings. The van der Waals surface area contributed by atoms with Gasteiger partial charge in [0, 0.05) is 12.8 Å². The molecule has 1 aliphatic heterocycles. The van der Waals surface area contributed by atoms with Crippen LogP contribution in [0, 0.1) is 0 Å². The van der Waals surface area contributed by atoms with Crippen molar-refractivity contribution in [1.82, 2.24) is 0 Å². The number of quaternary nitrogens is 1. The molecule has 0 atom stereocenters. The molecule has 0 amide bonds. The summed E-state index contributed by atoms with van der Waals surface area (Å²) in [5, 5.41) is 0. The van der Waals surface area contributed by atoms with Gasteiger partial charge in [-0.25, -0.2) is 0 Å². The van der Waals surface area contributed by atoms with Crippen LogP contribution in [0.3, 0.4) is 0 Å². The number of benzene rings is 1. The topological polar surface area (TPSA) is 26.3 Å². The van der Waals surface area contributed by atoms with Crippen molar-refractivity contribution in [3.8, 4) is 0 Å². The Bertz CT molecular complexity index is 375. The van der Waals surface area contributed by atoms with E-state index in [2.05, 4.69) is 7.05 Å². The Morgan fingerprint density at radius 1 is 1.22 bits per heavy atom. The number of halogens is 1. The van der Waals surface area contributed by atoms with Gasteiger partial charge in [0.05, 0.1) is 26.6 Å². The van der Waals surface area contributed by atoms with Crippen molar-refractivity contribution in [2.45, 2.75) is 19.3 Å². The molecule has 1 aromatic carbocycles. The summed E-state index contributed by atoms with van der Waals surface area (Å²) in [4.78, 5) is 11.7. The molecule has 1 heterocycles. The fraction of sp³-hybridized carbons (Fsp3) is 0.500. The van der Waals surface area contributed by atoms with E-state index >= 15 is 0 Å². The number of carbonyl (C=O) groups excluding carboxylic acids is 1. The molecule has 0 saturated carbocycles. The van der Waals surface area contributed by atoms with Gasteiger partial charge in [-0.3, -0.25) is 9.28 Å². The van der Waals surface area contributed by atoms with Crippen LogP contribution in [0.25, 0.3) is 0 Å². The first-order chi connectivity index (χ1) is 8.18. The molecule has 1 saturated heterocycles. The smallest absolute Gasteiger partial charge is 0.314 e. The number of likely N-dealkylation sites (tertiary alicyclic amines) is 1. The van der Waals surface area contributed by atoms with Crippen LogP contribution in [-0.2, 0) is 16.0 Å². The monoisotopic (exact) mass is 269 g/mol. The Morgan fingerprint density at radius 2 is 1.83 bits per heavy atom. The molecule has 100 valence electrons. The summed E-state index contributed by atoms with van der Waals surface area (Å²) in [6, 6.07) is 9.74. The Hall–Kier alpha value is -1.06. The number of hydrogen-bond acceptors (Lipinski definition) is 2. The maximum absolute atomic E-state index is 11.7. The van der Waals surface area contributed by atoms with Crippen LogP contribution in [0.2, 0.25) is 0 Å². The summed E-state index contributed by atoms with van der Waals surface area (Å²) >= 11 is 0. The molecule has 0 N–H and O–H groups in total. The van der Waals surface area contributed by atoms with E-state index in [1.807, 2.05) is 30.3 Å². The standard InChI is InChI=1S/C14H20NO2.ClH/c1-15(9-5-6-10-15)12-17-14(16)11-13-7-3-2-4-8-13;/h2-4,7-8H,5-6,9-12H2,1H3;1H/q+1;/p-1. The largest absolute Gasteiger partial charge is 1.00 e. The Morgan fingerprint density at radius 3 is 2.44 bits per heavy atom. The van der Waals surface area contributed by atoms with Gasteiger partial charge in [0.15, 0.2) is 0 Å². The van der Waals surface area contributed by atoms with Gasteiger partial charge in [-0.2, -0.15) is 0 Å². The lowest BCUT2D eigenvalue weighted by molar-refractivity contribution is -0.914. The van der Waals surface area contributed by atoms with Crippen molar-refractivity contribution in [2.75, 3.05) is 26.9 Å². The fourth-order valence-corrected chi connectivity index (χ4v) is 2.27. The number of esters is 1. The molecule has 4 heteroatoms. The van der Waals surface area contributed by atoms with Gasteiger partial charge < -0.3 is 17.1 Å². The van der Waals surface area contributed by atoms with Crippen LogP contribution >= 0.6 is 0 Å². The molecule has 18 heavy (non-hydrogen) atoms. The van der Waals surface area contributed by atoms with E-state index in [4.69, 9.17) is 4.74 Å². The minimum Gasteiger partial charge on any atom is -1.00 e. The highest BCUT2D eigenvalue weighted by Crippen LogP contribution is 2.16. The molecule has 3 nitrogen and oxygen atoms in total. The van der Waals surface area contributed by atoms with Crippen LogP contribution in [0.5, 0.6) is 0 Å². The molecule has 0 aliphatic carbocycles. The van der Waals surface area contributed by atoms with Crippen molar-refractivity contribution >= 4 is 5.97 Å². The van der Waals surface area contributed by atoms with Crippen molar-refractivity contribution < 1.29 is 26.4 Å². The SMILES string of the molecule is C[N+]1(COC(=O)Cc2ccccc2)CCCC1.[Cl-]. The first-order valence-corrected chi connectivity index (χ1v) is 6.21. The molecular weight excluding hydrogens is 250 g/mol. The zero-order valence-electron chi connectivity index (χ0n) is 10.8. The van der Waals surface area contributed by atoms with Crippen LogP contribution in [0.1, 0.15) is 18.4 Å². The first kappa shape index (κ1) is 15.0. The molecule has 1 aliphatic rings. The lowest BCUT2D eigenvalue weighted by atomic mass is 10.2. The number of nitrogens with zero attached hydrogens (tertiary/aromatic N) is 1. The summed E-state index contributed by atoms with van der Waals surface area (Å²) < 4.78 is 6.24. The Labute approximate surface area is 115 Å². The second-order valence-corrected chi connectivity index (χ2v) is 5.08. The van der Waals surface area contributed by atoms with Crippen LogP contribution in [0.15, 0.2) is 30.3 Å². The van der Waals surface area contributed by atoms with Crippen LogP contribution in [-0.4, -0.2) is 37.3 Å². The zero-order valence-corrected chi connectivity index (χ0v) is 11.5. The summed E-state index contributed by atoms with van der Waals surface area (Å²) in [6.07, 6.45) is 2.86. The highest BCUT2D eigenvalue weighted by Gasteiger charge is 2.27. The van der Waals surface area contributed by atoms with E-state index in [9.17, 15) is 4.79 Å². The predicted octanol–water partition coefficient (Wildman–Crippen LogP) is -1.03. The quantitative estimate of drug-likeness (QED) is 0.516. The third-order valence-electron chi connectivity index (χ3n) is 3.37. The van der Waals surface area contributed by atoms with Crippen molar-refractivity contribution in [2.24, 2.45) is 0 Å². The van der Waals surface area contributed by atoms with Gasteiger partial charge in [0.25, 0.3) is 0 Å².